The number of hydrogen-bond acceptors (Lipinski definition) is 6. The van der Waals surface area contributed by atoms with Crippen molar-refractivity contribution in [2.24, 2.45) is 4.99 Å². The lowest BCUT2D eigenvalue weighted by Gasteiger charge is -2.15. The zero-order chi connectivity index (χ0) is 19.7. The minimum atomic E-state index is -3.49. The third kappa shape index (κ3) is 7.57. The number of hydrogen-bond donors (Lipinski definition) is 3. The maximum atomic E-state index is 12.2. The molecule has 0 saturated carbocycles. The van der Waals surface area contributed by atoms with Crippen LogP contribution in [0.3, 0.4) is 0 Å². The summed E-state index contributed by atoms with van der Waals surface area (Å²) in [6.07, 6.45) is -1.05. The highest BCUT2D eigenvalue weighted by Gasteiger charge is 2.20. The van der Waals surface area contributed by atoms with Gasteiger partial charge in [0.05, 0.1) is 25.5 Å². The van der Waals surface area contributed by atoms with Gasteiger partial charge in [-0.25, -0.2) is 13.4 Å². The molecule has 1 aromatic heterocycles. The largest absolute Gasteiger partial charge is 0.496 e. The van der Waals surface area contributed by atoms with E-state index in [4.69, 9.17) is 4.74 Å². The van der Waals surface area contributed by atoms with Gasteiger partial charge in [-0.15, -0.1) is 35.3 Å². The summed E-state index contributed by atoms with van der Waals surface area (Å²) in [5.41, 5.74) is 0.929. The Hall–Kier alpha value is -1.37. The van der Waals surface area contributed by atoms with Gasteiger partial charge >= 0.3 is 0 Å². The summed E-state index contributed by atoms with van der Waals surface area (Å²) in [4.78, 5) is 4.47. The molecule has 1 unspecified atom stereocenters. The van der Waals surface area contributed by atoms with Crippen molar-refractivity contribution in [2.45, 2.75) is 23.8 Å². The Morgan fingerprint density at radius 1 is 1.25 bits per heavy atom. The predicted octanol–water partition coefficient (Wildman–Crippen LogP) is 2.26. The molecule has 3 N–H and O–H groups in total. The van der Waals surface area contributed by atoms with Crippen molar-refractivity contribution in [1.82, 2.24) is 10.6 Å². The molecule has 1 aromatic carbocycles. The minimum absolute atomic E-state index is 0. The van der Waals surface area contributed by atoms with Crippen molar-refractivity contribution in [3.8, 4) is 5.75 Å². The number of aliphatic hydroxyl groups is 1. The van der Waals surface area contributed by atoms with Crippen LogP contribution in [0.15, 0.2) is 51.0 Å². The van der Waals surface area contributed by atoms with E-state index in [1.54, 1.807) is 24.6 Å². The molecule has 156 valence electrons. The Balaban J connectivity index is 0.00000392. The van der Waals surface area contributed by atoms with Gasteiger partial charge in [0.1, 0.15) is 9.96 Å². The quantitative estimate of drug-likeness (QED) is 0.257. The first-order valence-corrected chi connectivity index (χ1v) is 11.1. The van der Waals surface area contributed by atoms with Gasteiger partial charge in [-0.1, -0.05) is 24.3 Å². The summed E-state index contributed by atoms with van der Waals surface area (Å²) in [5.74, 6) is 0.905. The van der Waals surface area contributed by atoms with Crippen LogP contribution in [0.5, 0.6) is 5.75 Å². The van der Waals surface area contributed by atoms with E-state index in [1.165, 1.54) is 0 Å². The SMILES string of the molecule is CCNC(=NCc1ccccc1OC)NCC(O)CS(=O)(=O)c1cccs1.I. The predicted molar refractivity (Wildman–Crippen MR) is 124 cm³/mol. The maximum absolute atomic E-state index is 12.2. The number of benzene rings is 1. The number of methoxy groups -OCH3 is 1. The van der Waals surface area contributed by atoms with Crippen LogP contribution in [0.4, 0.5) is 0 Å². The first kappa shape index (κ1) is 24.7. The number of sulfone groups is 1. The molecule has 0 bridgehead atoms. The van der Waals surface area contributed by atoms with Crippen molar-refractivity contribution in [2.75, 3.05) is 26.0 Å². The van der Waals surface area contributed by atoms with E-state index in [0.29, 0.717) is 19.0 Å². The van der Waals surface area contributed by atoms with Crippen LogP contribution in [-0.2, 0) is 16.4 Å². The summed E-state index contributed by atoms with van der Waals surface area (Å²) in [7, 11) is -1.88. The van der Waals surface area contributed by atoms with Gasteiger partial charge in [0.2, 0.25) is 0 Å². The Morgan fingerprint density at radius 3 is 2.64 bits per heavy atom. The second-order valence-corrected chi connectivity index (χ2v) is 8.96. The number of thiophene rings is 1. The molecule has 0 amide bonds. The molecule has 0 aliphatic heterocycles. The summed E-state index contributed by atoms with van der Waals surface area (Å²) in [6, 6.07) is 10.8. The number of rotatable bonds is 9. The number of aliphatic imine (C=N–C) groups is 1. The lowest BCUT2D eigenvalue weighted by Crippen LogP contribution is -2.42. The van der Waals surface area contributed by atoms with Crippen molar-refractivity contribution in [3.63, 3.8) is 0 Å². The highest BCUT2D eigenvalue weighted by molar-refractivity contribution is 14.0. The topological polar surface area (TPSA) is 100 Å². The zero-order valence-corrected chi connectivity index (χ0v) is 19.8. The number of ether oxygens (including phenoxy) is 1. The Bertz CT molecular complexity index is 842. The fourth-order valence-corrected chi connectivity index (χ4v) is 4.87. The molecule has 1 heterocycles. The van der Waals surface area contributed by atoms with Crippen LogP contribution in [0.25, 0.3) is 0 Å². The average molecular weight is 539 g/mol. The molecule has 10 heteroatoms. The van der Waals surface area contributed by atoms with Gasteiger partial charge in [-0.3, -0.25) is 0 Å². The lowest BCUT2D eigenvalue weighted by molar-refractivity contribution is 0.200. The summed E-state index contributed by atoms with van der Waals surface area (Å²) in [5, 5.41) is 17.9. The monoisotopic (exact) mass is 539 g/mol. The van der Waals surface area contributed by atoms with Gasteiger partial charge in [-0.05, 0) is 24.4 Å². The molecule has 0 radical (unpaired) electrons. The van der Waals surface area contributed by atoms with Gasteiger partial charge in [0, 0.05) is 18.7 Å². The first-order valence-electron chi connectivity index (χ1n) is 8.54. The van der Waals surface area contributed by atoms with Crippen LogP contribution < -0.4 is 15.4 Å². The van der Waals surface area contributed by atoms with Gasteiger partial charge in [0.15, 0.2) is 15.8 Å². The van der Waals surface area contributed by atoms with Crippen LogP contribution in [0, 0.1) is 0 Å². The Kier molecular flexibility index (Phi) is 10.8. The van der Waals surface area contributed by atoms with E-state index in [-0.39, 0.29) is 40.5 Å². The van der Waals surface area contributed by atoms with Crippen molar-refractivity contribution in [1.29, 1.82) is 0 Å². The fraction of sp³-hybridized carbons (Fsp3) is 0.389. The smallest absolute Gasteiger partial charge is 0.191 e. The molecule has 0 fully saturated rings. The normalized spacial score (nSPS) is 12.8. The second-order valence-electron chi connectivity index (χ2n) is 5.76. The fourth-order valence-electron chi connectivity index (χ4n) is 2.39. The molecule has 2 rings (SSSR count). The summed E-state index contributed by atoms with van der Waals surface area (Å²) >= 11 is 1.15. The van der Waals surface area contributed by atoms with Crippen LogP contribution >= 0.6 is 35.3 Å². The molecule has 28 heavy (non-hydrogen) atoms. The Labute approximate surface area is 187 Å². The summed E-state index contributed by atoms with van der Waals surface area (Å²) in [6.45, 7) is 3.03. The Morgan fingerprint density at radius 2 is 2.00 bits per heavy atom. The average Bonchev–Trinajstić information content (AvgIpc) is 3.19. The van der Waals surface area contributed by atoms with Gasteiger partial charge in [-0.2, -0.15) is 0 Å². The number of nitrogens with zero attached hydrogens (tertiary/aromatic N) is 1. The highest BCUT2D eigenvalue weighted by Crippen LogP contribution is 2.19. The molecule has 0 aliphatic rings. The van der Waals surface area contributed by atoms with Crippen molar-refractivity contribution < 1.29 is 18.3 Å². The van der Waals surface area contributed by atoms with Crippen LogP contribution in [0.2, 0.25) is 0 Å². The highest BCUT2D eigenvalue weighted by atomic mass is 127. The van der Waals surface area contributed by atoms with E-state index in [2.05, 4.69) is 15.6 Å². The lowest BCUT2D eigenvalue weighted by atomic mass is 10.2. The van der Waals surface area contributed by atoms with Crippen LogP contribution in [-0.4, -0.2) is 51.5 Å². The van der Waals surface area contributed by atoms with Crippen molar-refractivity contribution in [3.05, 3.63) is 47.3 Å². The number of para-hydroxylation sites is 1. The van der Waals surface area contributed by atoms with Crippen LogP contribution in [0.1, 0.15) is 12.5 Å². The van der Waals surface area contributed by atoms with Gasteiger partial charge < -0.3 is 20.5 Å². The molecular formula is C18H26IN3O4S2. The molecule has 2 aromatic rings. The van der Waals surface area contributed by atoms with E-state index in [9.17, 15) is 13.5 Å². The molecule has 0 saturated heterocycles. The molecule has 0 aliphatic carbocycles. The molecule has 7 nitrogen and oxygen atoms in total. The first-order chi connectivity index (χ1) is 13.0. The van der Waals surface area contributed by atoms with E-state index < -0.39 is 15.9 Å². The standard InChI is InChI=1S/C18H25N3O4S2.HI/c1-3-19-18(20-11-14-7-4-5-8-16(14)25-2)21-12-15(22)13-27(23,24)17-9-6-10-26-17;/h4-10,15,22H,3,11-13H2,1-2H3,(H2,19,20,21);1H. The number of nitrogens with one attached hydrogen (secondary N) is 2. The molecule has 1 atom stereocenters. The molecule has 0 spiro atoms. The van der Waals surface area contributed by atoms with E-state index in [1.807, 2.05) is 31.2 Å². The third-order valence-electron chi connectivity index (χ3n) is 3.66. The second kappa shape index (κ2) is 12.2. The number of aliphatic hydroxyl groups excluding tert-OH is 1. The number of guanidine groups is 1. The number of halogens is 1. The molecular weight excluding hydrogens is 513 g/mol. The van der Waals surface area contributed by atoms with Crippen molar-refractivity contribution >= 4 is 51.1 Å². The maximum Gasteiger partial charge on any atom is 0.191 e. The van der Waals surface area contributed by atoms with E-state index in [0.717, 1.165) is 22.6 Å². The summed E-state index contributed by atoms with van der Waals surface area (Å²) < 4.78 is 30.0. The third-order valence-corrected chi connectivity index (χ3v) is 6.95. The zero-order valence-electron chi connectivity index (χ0n) is 15.8. The minimum Gasteiger partial charge on any atom is -0.496 e. The van der Waals surface area contributed by atoms with E-state index >= 15 is 0 Å². The van der Waals surface area contributed by atoms with Gasteiger partial charge in [0.25, 0.3) is 0 Å².